The molecule has 7 atom stereocenters. The molecule has 0 amide bonds. The molecule has 2 aromatic rings. The average Bonchev–Trinajstić information content (AvgIpc) is 2.94. The van der Waals surface area contributed by atoms with Gasteiger partial charge in [0.05, 0.1) is 6.10 Å². The fourth-order valence-corrected chi connectivity index (χ4v) is 6.71. The second-order valence-corrected chi connectivity index (χ2v) is 9.28. The predicted molar refractivity (Wildman–Crippen MR) is 104 cm³/mol. The Morgan fingerprint density at radius 3 is 2.63 bits per heavy atom. The maximum Gasteiger partial charge on any atom is 0.115 e. The number of aromatic hydroxyl groups is 1. The second kappa shape index (κ2) is 6.07. The molecule has 0 heterocycles. The van der Waals surface area contributed by atoms with Crippen LogP contribution in [0.1, 0.15) is 54.7 Å². The summed E-state index contributed by atoms with van der Waals surface area (Å²) in [5.74, 6) is 0.847. The van der Waals surface area contributed by atoms with Crippen molar-refractivity contribution in [2.45, 2.75) is 56.7 Å². The van der Waals surface area contributed by atoms with Gasteiger partial charge in [-0.2, -0.15) is 0 Å². The fourth-order valence-electron chi connectivity index (χ4n) is 6.71. The summed E-state index contributed by atoms with van der Waals surface area (Å²) in [4.78, 5) is 0. The highest BCUT2D eigenvalue weighted by Crippen LogP contribution is 2.64. The van der Waals surface area contributed by atoms with Crippen LogP contribution in [0.2, 0.25) is 0 Å². The molecule has 2 nitrogen and oxygen atoms in total. The normalized spacial score (nSPS) is 40.1. The van der Waals surface area contributed by atoms with Crippen molar-refractivity contribution < 1.29 is 14.6 Å². The molecule has 2 saturated carbocycles. The minimum Gasteiger partial charge on any atom is -0.508 e. The monoisotopic (exact) mass is 366 g/mol. The Morgan fingerprint density at radius 1 is 1.07 bits per heavy atom. The van der Waals surface area contributed by atoms with E-state index >= 15 is 4.39 Å². The van der Waals surface area contributed by atoms with Crippen molar-refractivity contribution in [1.82, 2.24) is 0 Å². The van der Waals surface area contributed by atoms with Crippen molar-refractivity contribution in [1.29, 1.82) is 0 Å². The van der Waals surface area contributed by atoms with E-state index in [1.807, 2.05) is 18.2 Å². The van der Waals surface area contributed by atoms with Crippen molar-refractivity contribution in [2.24, 2.45) is 17.3 Å². The van der Waals surface area contributed by atoms with Gasteiger partial charge < -0.3 is 10.2 Å². The standard InChI is InChI=1S/C24H27FO2/c1-24-12-17(27)11-20(24)22-19(14-5-3-2-4-6-14)10-15-9-16(26)7-8-18(15)23(22)21(25)13-24/h2-9,17,19-23,26-27H,10-13H2,1H3/t17-,19-,20-,21-,22-,23-,24-/m0/s1. The Hall–Kier alpha value is -1.87. The predicted octanol–water partition coefficient (Wildman–Crippen LogP) is 4.95. The maximum absolute atomic E-state index is 15.7. The number of halogens is 1. The Bertz CT molecular complexity index is 851. The van der Waals surface area contributed by atoms with Gasteiger partial charge in [0.1, 0.15) is 11.9 Å². The van der Waals surface area contributed by atoms with E-state index in [0.29, 0.717) is 18.8 Å². The SMILES string of the molecule is C[C@@]12C[C@@H](O)C[C@H]1[C@H]1[C@@H](c3ccc(O)cc3C[C@H]1c1ccccc1)[C@@H](F)C2. The van der Waals surface area contributed by atoms with Gasteiger partial charge in [-0.05, 0) is 77.7 Å². The van der Waals surface area contributed by atoms with Crippen LogP contribution in [-0.2, 0) is 6.42 Å². The molecule has 0 radical (unpaired) electrons. The van der Waals surface area contributed by atoms with Gasteiger partial charge in [-0.25, -0.2) is 4.39 Å². The van der Waals surface area contributed by atoms with Gasteiger partial charge in [-0.3, -0.25) is 0 Å². The third-order valence-electron chi connectivity index (χ3n) is 7.67. The van der Waals surface area contributed by atoms with Crippen molar-refractivity contribution in [3.8, 4) is 5.75 Å². The molecule has 0 bridgehead atoms. The average molecular weight is 366 g/mol. The molecular weight excluding hydrogens is 339 g/mol. The van der Waals surface area contributed by atoms with Gasteiger partial charge in [0.25, 0.3) is 0 Å². The highest BCUT2D eigenvalue weighted by molar-refractivity contribution is 5.44. The smallest absolute Gasteiger partial charge is 0.115 e. The molecule has 2 aromatic carbocycles. The molecule has 0 aromatic heterocycles. The topological polar surface area (TPSA) is 40.5 Å². The van der Waals surface area contributed by atoms with E-state index in [1.54, 1.807) is 6.07 Å². The van der Waals surface area contributed by atoms with E-state index in [0.717, 1.165) is 24.0 Å². The summed E-state index contributed by atoms with van der Waals surface area (Å²) < 4.78 is 15.7. The van der Waals surface area contributed by atoms with Crippen molar-refractivity contribution in [2.75, 3.05) is 0 Å². The lowest BCUT2D eigenvalue weighted by Crippen LogP contribution is -2.48. The highest BCUT2D eigenvalue weighted by Gasteiger charge is 2.58. The van der Waals surface area contributed by atoms with Gasteiger partial charge in [-0.15, -0.1) is 0 Å². The fraction of sp³-hybridized carbons (Fsp3) is 0.500. The van der Waals surface area contributed by atoms with Crippen molar-refractivity contribution >= 4 is 0 Å². The molecule has 0 saturated heterocycles. The van der Waals surface area contributed by atoms with E-state index < -0.39 is 6.17 Å². The Balaban J connectivity index is 1.68. The summed E-state index contributed by atoms with van der Waals surface area (Å²) in [5.41, 5.74) is 3.27. The van der Waals surface area contributed by atoms with Crippen LogP contribution >= 0.6 is 0 Å². The Kier molecular flexibility index (Phi) is 3.87. The van der Waals surface area contributed by atoms with Gasteiger partial charge in [0, 0.05) is 5.92 Å². The van der Waals surface area contributed by atoms with Crippen molar-refractivity contribution in [3.05, 3.63) is 65.2 Å². The molecule has 3 aliphatic carbocycles. The molecule has 5 rings (SSSR count). The zero-order chi connectivity index (χ0) is 18.8. The molecule has 27 heavy (non-hydrogen) atoms. The Morgan fingerprint density at radius 2 is 1.85 bits per heavy atom. The number of hydrogen-bond acceptors (Lipinski definition) is 2. The first-order chi connectivity index (χ1) is 13.0. The van der Waals surface area contributed by atoms with Crippen LogP contribution in [-0.4, -0.2) is 22.5 Å². The number of aliphatic hydroxyl groups is 1. The lowest BCUT2D eigenvalue weighted by Gasteiger charge is -2.53. The van der Waals surface area contributed by atoms with Crippen LogP contribution in [0.15, 0.2) is 48.5 Å². The molecule has 3 heteroatoms. The van der Waals surface area contributed by atoms with Gasteiger partial charge in [0.15, 0.2) is 0 Å². The third kappa shape index (κ3) is 2.62. The largest absolute Gasteiger partial charge is 0.508 e. The Labute approximate surface area is 160 Å². The number of aliphatic hydroxyl groups excluding tert-OH is 1. The van der Waals surface area contributed by atoms with Crippen LogP contribution < -0.4 is 0 Å². The molecule has 2 N–H and O–H groups in total. The number of rotatable bonds is 1. The summed E-state index contributed by atoms with van der Waals surface area (Å²) in [5, 5.41) is 20.4. The molecule has 0 unspecified atom stereocenters. The van der Waals surface area contributed by atoms with Crippen LogP contribution in [0.5, 0.6) is 5.75 Å². The van der Waals surface area contributed by atoms with Crippen LogP contribution in [0, 0.1) is 17.3 Å². The lowest BCUT2D eigenvalue weighted by molar-refractivity contribution is -0.00822. The third-order valence-corrected chi connectivity index (χ3v) is 7.67. The highest BCUT2D eigenvalue weighted by atomic mass is 19.1. The molecular formula is C24H27FO2. The summed E-state index contributed by atoms with van der Waals surface area (Å²) in [6.07, 6.45) is 1.62. The van der Waals surface area contributed by atoms with E-state index in [2.05, 4.69) is 31.2 Å². The first-order valence-corrected chi connectivity index (χ1v) is 10.2. The first-order valence-electron chi connectivity index (χ1n) is 10.2. The number of fused-ring (bicyclic) bond motifs is 5. The van der Waals surface area contributed by atoms with Crippen LogP contribution in [0.4, 0.5) is 4.39 Å². The molecule has 142 valence electrons. The summed E-state index contributed by atoms with van der Waals surface area (Å²) in [6, 6.07) is 15.9. The quantitative estimate of drug-likeness (QED) is 0.750. The minimum absolute atomic E-state index is 0.124. The second-order valence-electron chi connectivity index (χ2n) is 9.28. The van der Waals surface area contributed by atoms with E-state index in [-0.39, 0.29) is 35.0 Å². The maximum atomic E-state index is 15.7. The number of alkyl halides is 1. The molecule has 3 aliphatic rings. The minimum atomic E-state index is -0.906. The molecule has 0 spiro atoms. The van der Waals surface area contributed by atoms with Gasteiger partial charge in [0.2, 0.25) is 0 Å². The molecule has 2 fully saturated rings. The van der Waals surface area contributed by atoms with E-state index in [9.17, 15) is 10.2 Å². The summed E-state index contributed by atoms with van der Waals surface area (Å²) in [6.45, 7) is 2.19. The summed E-state index contributed by atoms with van der Waals surface area (Å²) >= 11 is 0. The number of phenolic OH excluding ortho intramolecular Hbond substituents is 1. The first kappa shape index (κ1) is 17.2. The zero-order valence-electron chi connectivity index (χ0n) is 15.7. The van der Waals surface area contributed by atoms with Crippen LogP contribution in [0.25, 0.3) is 0 Å². The lowest BCUT2D eigenvalue weighted by atomic mass is 9.51. The number of hydrogen-bond donors (Lipinski definition) is 2. The van der Waals surface area contributed by atoms with Crippen molar-refractivity contribution in [3.63, 3.8) is 0 Å². The van der Waals surface area contributed by atoms with Crippen LogP contribution in [0.3, 0.4) is 0 Å². The van der Waals surface area contributed by atoms with E-state index in [4.69, 9.17) is 0 Å². The molecule has 0 aliphatic heterocycles. The zero-order valence-corrected chi connectivity index (χ0v) is 15.7. The number of benzene rings is 2. The van der Waals surface area contributed by atoms with E-state index in [1.165, 1.54) is 5.56 Å². The summed E-state index contributed by atoms with van der Waals surface area (Å²) in [7, 11) is 0. The van der Waals surface area contributed by atoms with Gasteiger partial charge in [-0.1, -0.05) is 43.3 Å². The number of phenols is 1. The van der Waals surface area contributed by atoms with Gasteiger partial charge >= 0.3 is 0 Å².